The Labute approximate surface area is 231 Å². The number of benzene rings is 1. The fourth-order valence-corrected chi connectivity index (χ4v) is 6.94. The smallest absolute Gasteiger partial charge is 0.243 e. The average molecular weight is 542 g/mol. The van der Waals surface area contributed by atoms with Crippen LogP contribution >= 0.6 is 0 Å². The fraction of sp³-hybridized carbons (Fsp3) is 0.700. The van der Waals surface area contributed by atoms with Crippen molar-refractivity contribution in [3.63, 3.8) is 0 Å². The van der Waals surface area contributed by atoms with Crippen LogP contribution in [-0.2, 0) is 14.4 Å². The third kappa shape index (κ3) is 6.33. The first-order valence-corrected chi connectivity index (χ1v) is 15.1. The van der Waals surface area contributed by atoms with Crippen molar-refractivity contribution in [3.05, 3.63) is 24.0 Å². The van der Waals surface area contributed by atoms with E-state index in [0.717, 1.165) is 32.1 Å². The summed E-state index contributed by atoms with van der Waals surface area (Å²) in [7, 11) is 0. The molecule has 1 aromatic carbocycles. The first-order chi connectivity index (χ1) is 18.9. The van der Waals surface area contributed by atoms with E-state index in [4.69, 9.17) is 0 Å². The van der Waals surface area contributed by atoms with Crippen LogP contribution in [0.1, 0.15) is 84.5 Å². The summed E-state index contributed by atoms with van der Waals surface area (Å²) in [4.78, 5) is 42.2. The highest BCUT2D eigenvalue weighted by atomic mass is 19.1. The predicted octanol–water partition coefficient (Wildman–Crippen LogP) is 4.38. The summed E-state index contributed by atoms with van der Waals surface area (Å²) in [5, 5.41) is 12.3. The minimum Gasteiger partial charge on any atom is -0.362 e. The molecular formula is C30H44FN5O3. The molecule has 9 heteroatoms. The summed E-state index contributed by atoms with van der Waals surface area (Å²) >= 11 is 0. The van der Waals surface area contributed by atoms with Gasteiger partial charge >= 0.3 is 0 Å². The number of halogens is 1. The lowest BCUT2D eigenvalue weighted by Crippen LogP contribution is -2.56. The van der Waals surface area contributed by atoms with Crippen molar-refractivity contribution in [1.29, 1.82) is 0 Å². The van der Waals surface area contributed by atoms with Gasteiger partial charge < -0.3 is 26.2 Å². The number of fused-ring (bicyclic) bond motifs is 1. The highest BCUT2D eigenvalue weighted by molar-refractivity contribution is 5.93. The molecule has 0 spiro atoms. The summed E-state index contributed by atoms with van der Waals surface area (Å²) in [6.07, 6.45) is 10.4. The number of likely N-dealkylation sites (tertiary alicyclic amines) is 1. The van der Waals surface area contributed by atoms with Crippen molar-refractivity contribution in [2.75, 3.05) is 17.2 Å². The molecule has 2 aliphatic carbocycles. The molecule has 3 fully saturated rings. The fourth-order valence-electron chi connectivity index (χ4n) is 6.94. The molecule has 1 aromatic rings. The predicted molar refractivity (Wildman–Crippen MR) is 149 cm³/mol. The molecule has 214 valence electrons. The van der Waals surface area contributed by atoms with Crippen LogP contribution in [0.25, 0.3) is 0 Å². The molecule has 2 saturated carbocycles. The first-order valence-electron chi connectivity index (χ1n) is 15.1. The first kappa shape index (κ1) is 27.7. The summed E-state index contributed by atoms with van der Waals surface area (Å²) < 4.78 is 14.2. The number of hydrogen-bond donors (Lipinski definition) is 4. The summed E-state index contributed by atoms with van der Waals surface area (Å²) in [6.45, 7) is 4.61. The van der Waals surface area contributed by atoms with E-state index in [1.807, 2.05) is 11.8 Å². The van der Waals surface area contributed by atoms with E-state index < -0.39 is 18.2 Å². The van der Waals surface area contributed by atoms with Crippen LogP contribution in [0.15, 0.2) is 18.2 Å². The summed E-state index contributed by atoms with van der Waals surface area (Å²) in [6, 6.07) is 3.62. The Morgan fingerprint density at radius 2 is 1.82 bits per heavy atom. The van der Waals surface area contributed by atoms with Crippen molar-refractivity contribution < 1.29 is 18.8 Å². The number of carbonyl (C=O) groups excluding carboxylic acids is 3. The van der Waals surface area contributed by atoms with Crippen LogP contribution in [0.4, 0.5) is 15.8 Å². The number of amides is 3. The van der Waals surface area contributed by atoms with E-state index in [-0.39, 0.29) is 41.9 Å². The number of nitrogens with zero attached hydrogens (tertiary/aromatic N) is 1. The Morgan fingerprint density at radius 1 is 1.05 bits per heavy atom. The molecule has 3 amide bonds. The van der Waals surface area contributed by atoms with Gasteiger partial charge in [-0.15, -0.1) is 0 Å². The Hall–Kier alpha value is -2.84. The number of rotatable bonds is 9. The molecule has 8 nitrogen and oxygen atoms in total. The van der Waals surface area contributed by atoms with Crippen LogP contribution < -0.4 is 21.3 Å². The van der Waals surface area contributed by atoms with Gasteiger partial charge in [-0.2, -0.15) is 0 Å². The Balaban J connectivity index is 1.24. The van der Waals surface area contributed by atoms with Crippen molar-refractivity contribution in [3.8, 4) is 0 Å². The van der Waals surface area contributed by atoms with Crippen molar-refractivity contribution in [2.24, 2.45) is 17.8 Å². The maximum Gasteiger partial charge on any atom is 0.243 e. The second-order valence-corrected chi connectivity index (χ2v) is 12.0. The van der Waals surface area contributed by atoms with Crippen LogP contribution in [0.3, 0.4) is 0 Å². The molecule has 1 saturated heterocycles. The van der Waals surface area contributed by atoms with Gasteiger partial charge in [-0.1, -0.05) is 45.1 Å². The highest BCUT2D eigenvalue weighted by Gasteiger charge is 2.48. The van der Waals surface area contributed by atoms with Crippen molar-refractivity contribution in [1.82, 2.24) is 15.5 Å². The van der Waals surface area contributed by atoms with Crippen LogP contribution in [0.5, 0.6) is 0 Å². The van der Waals surface area contributed by atoms with E-state index in [2.05, 4.69) is 28.2 Å². The lowest BCUT2D eigenvalue weighted by atomic mass is 9.85. The third-order valence-electron chi connectivity index (χ3n) is 9.36. The molecule has 5 rings (SSSR count). The molecule has 0 aromatic heterocycles. The monoisotopic (exact) mass is 541 g/mol. The van der Waals surface area contributed by atoms with Gasteiger partial charge in [-0.25, -0.2) is 4.39 Å². The summed E-state index contributed by atoms with van der Waals surface area (Å²) in [5.74, 6) is -0.00160. The van der Waals surface area contributed by atoms with E-state index in [1.165, 1.54) is 38.2 Å². The van der Waals surface area contributed by atoms with Gasteiger partial charge in [0.2, 0.25) is 17.7 Å². The third-order valence-corrected chi connectivity index (χ3v) is 9.36. The van der Waals surface area contributed by atoms with Crippen LogP contribution in [0, 0.1) is 23.6 Å². The summed E-state index contributed by atoms with van der Waals surface area (Å²) in [5.41, 5.74) is 1.01. The Kier molecular flexibility index (Phi) is 8.62. The van der Waals surface area contributed by atoms with E-state index in [0.29, 0.717) is 29.8 Å². The number of piperidine rings is 1. The molecule has 6 atom stereocenters. The van der Waals surface area contributed by atoms with Gasteiger partial charge in [0.1, 0.15) is 18.0 Å². The molecule has 2 heterocycles. The minimum absolute atomic E-state index is 0.0536. The molecule has 39 heavy (non-hydrogen) atoms. The van der Waals surface area contributed by atoms with Gasteiger partial charge in [-0.05, 0) is 63.0 Å². The highest BCUT2D eigenvalue weighted by Crippen LogP contribution is 2.49. The largest absolute Gasteiger partial charge is 0.362 e. The SMILES string of the molecule is CC[C@H]1CCCCN1C(=O)C[C@H](NC(=O)[C@@H]1C[C@H]1C1CCCCC1)C(=O)N[C@@H](C)C1Nc2cccc(F)c2N1. The van der Waals surface area contributed by atoms with Crippen molar-refractivity contribution in [2.45, 2.75) is 109 Å². The van der Waals surface area contributed by atoms with Crippen LogP contribution in [0.2, 0.25) is 0 Å². The Bertz CT molecular complexity index is 1060. The molecule has 2 aliphatic heterocycles. The van der Waals surface area contributed by atoms with Gasteiger partial charge in [0.05, 0.1) is 23.8 Å². The zero-order valence-electron chi connectivity index (χ0n) is 23.3. The van der Waals surface area contributed by atoms with Gasteiger partial charge in [0, 0.05) is 18.5 Å². The average Bonchev–Trinajstić information content (AvgIpc) is 3.63. The van der Waals surface area contributed by atoms with Crippen LogP contribution in [-0.4, -0.2) is 53.5 Å². The lowest BCUT2D eigenvalue weighted by Gasteiger charge is -2.36. The molecule has 0 bridgehead atoms. The van der Waals surface area contributed by atoms with Crippen molar-refractivity contribution >= 4 is 29.1 Å². The molecule has 4 N–H and O–H groups in total. The molecule has 0 radical (unpaired) electrons. The van der Waals surface area contributed by atoms with E-state index in [9.17, 15) is 18.8 Å². The second-order valence-electron chi connectivity index (χ2n) is 12.0. The Morgan fingerprint density at radius 3 is 2.56 bits per heavy atom. The number of nitrogens with one attached hydrogen (secondary N) is 4. The number of carbonyl (C=O) groups is 3. The van der Waals surface area contributed by atoms with Gasteiger partial charge in [0.25, 0.3) is 0 Å². The topological polar surface area (TPSA) is 103 Å². The zero-order chi connectivity index (χ0) is 27.5. The maximum atomic E-state index is 14.2. The van der Waals surface area contributed by atoms with Gasteiger partial charge in [-0.3, -0.25) is 14.4 Å². The van der Waals surface area contributed by atoms with E-state index in [1.54, 1.807) is 12.1 Å². The standard InChI is InChI=1S/C30H44FN5O3/c1-3-20-12-7-8-15-36(20)26(37)17-25(34-29(38)22-16-21(22)19-10-5-4-6-11-19)30(39)32-18(2)28-33-24-14-9-13-23(31)27(24)35-28/h9,13-14,18-22,25,28,33,35H,3-8,10-12,15-17H2,1-2H3,(H,32,39)(H,34,38)/t18-,20-,21-,22+,25-,28?/m0/s1. The number of anilines is 2. The quantitative estimate of drug-likeness (QED) is 0.372. The number of para-hydroxylation sites is 1. The number of hydrogen-bond acceptors (Lipinski definition) is 5. The molecule has 4 aliphatic rings. The zero-order valence-corrected chi connectivity index (χ0v) is 23.3. The normalized spacial score (nSPS) is 27.9. The maximum absolute atomic E-state index is 14.2. The minimum atomic E-state index is -0.944. The second kappa shape index (κ2) is 12.1. The van der Waals surface area contributed by atoms with Gasteiger partial charge in [0.15, 0.2) is 0 Å². The molecule has 1 unspecified atom stereocenters. The lowest BCUT2D eigenvalue weighted by molar-refractivity contribution is -0.139. The molecular weight excluding hydrogens is 497 g/mol. The van der Waals surface area contributed by atoms with E-state index >= 15 is 0 Å².